The van der Waals surface area contributed by atoms with Gasteiger partial charge in [-0.1, -0.05) is 106 Å². The molecule has 3 aliphatic rings. The van der Waals surface area contributed by atoms with Crippen molar-refractivity contribution in [2.24, 2.45) is 0 Å². The van der Waals surface area contributed by atoms with Crippen molar-refractivity contribution in [3.05, 3.63) is 87.6 Å². The molecule has 0 bridgehead atoms. The Morgan fingerprint density at radius 2 is 1.33 bits per heavy atom. The zero-order valence-corrected chi connectivity index (χ0v) is 31.2. The molecule has 11 heteroatoms. The summed E-state index contributed by atoms with van der Waals surface area (Å²) in [5.41, 5.74) is 3.51. The molecule has 0 unspecified atom stereocenters. The molecular formula is C40H46N4O5S2. The third kappa shape index (κ3) is 8.90. The number of thiazole rings is 2. The Morgan fingerprint density at radius 1 is 0.824 bits per heavy atom. The smallest absolute Gasteiger partial charge is 0.373 e. The highest BCUT2D eigenvalue weighted by molar-refractivity contribution is 7.15. The van der Waals surface area contributed by atoms with E-state index < -0.39 is 5.54 Å². The van der Waals surface area contributed by atoms with E-state index in [9.17, 15) is 14.7 Å². The van der Waals surface area contributed by atoms with Crippen LogP contribution < -0.4 is 10.6 Å². The number of aliphatic hydroxyl groups excluding tert-OH is 1. The summed E-state index contributed by atoms with van der Waals surface area (Å²) in [6.45, 7) is 6.20. The molecule has 0 radical (unpaired) electrons. The van der Waals surface area contributed by atoms with Gasteiger partial charge in [0.1, 0.15) is 21.3 Å². The van der Waals surface area contributed by atoms with E-state index in [1.165, 1.54) is 19.3 Å². The van der Waals surface area contributed by atoms with Gasteiger partial charge in [-0.15, -0.1) is 22.7 Å². The van der Waals surface area contributed by atoms with Crippen molar-refractivity contribution in [1.82, 2.24) is 20.6 Å². The van der Waals surface area contributed by atoms with Gasteiger partial charge in [-0.2, -0.15) is 9.59 Å². The zero-order valence-electron chi connectivity index (χ0n) is 29.5. The topological polar surface area (TPSA) is 138 Å². The number of aliphatic hydroxyl groups is 1. The van der Waals surface area contributed by atoms with E-state index in [1.54, 1.807) is 22.7 Å². The Hall–Kier alpha value is -4.44. The summed E-state index contributed by atoms with van der Waals surface area (Å²) in [5.74, 6) is 0.120. The first-order valence-corrected chi connectivity index (χ1v) is 19.4. The molecular weight excluding hydrogens is 681 g/mol. The lowest BCUT2D eigenvalue weighted by atomic mass is 9.79. The molecule has 9 nitrogen and oxygen atoms in total. The van der Waals surface area contributed by atoms with Crippen molar-refractivity contribution in [2.45, 2.75) is 109 Å². The molecule has 2 saturated carbocycles. The third-order valence-electron chi connectivity index (χ3n) is 10.2. The lowest BCUT2D eigenvalue weighted by molar-refractivity contribution is -0.191. The van der Waals surface area contributed by atoms with E-state index in [1.807, 2.05) is 55.5 Å². The van der Waals surface area contributed by atoms with Crippen LogP contribution in [0.15, 0.2) is 66.4 Å². The van der Waals surface area contributed by atoms with Crippen LogP contribution >= 0.6 is 22.7 Å². The monoisotopic (exact) mass is 726 g/mol. The predicted octanol–water partition coefficient (Wildman–Crippen LogP) is 8.53. The molecule has 1 spiro atoms. The fourth-order valence-corrected chi connectivity index (χ4v) is 9.20. The van der Waals surface area contributed by atoms with Crippen molar-refractivity contribution in [3.63, 3.8) is 0 Å². The first-order chi connectivity index (χ1) is 24.6. The van der Waals surface area contributed by atoms with E-state index in [0.29, 0.717) is 17.7 Å². The van der Waals surface area contributed by atoms with E-state index in [0.717, 1.165) is 88.0 Å². The van der Waals surface area contributed by atoms with E-state index in [2.05, 4.69) is 41.6 Å². The lowest BCUT2D eigenvalue weighted by Gasteiger charge is -2.37. The Balaban J connectivity index is 0.000000184. The van der Waals surface area contributed by atoms with Crippen LogP contribution in [0, 0.1) is 13.8 Å². The van der Waals surface area contributed by atoms with Gasteiger partial charge in [-0.3, -0.25) is 9.59 Å². The third-order valence-corrected chi connectivity index (χ3v) is 12.2. The summed E-state index contributed by atoms with van der Waals surface area (Å²) in [6.07, 6.45) is 12.5. The average molecular weight is 727 g/mol. The van der Waals surface area contributed by atoms with Crippen LogP contribution in [-0.4, -0.2) is 44.1 Å². The van der Waals surface area contributed by atoms with Gasteiger partial charge in [0.05, 0.1) is 23.3 Å². The molecule has 2 aromatic carbocycles. The van der Waals surface area contributed by atoms with Crippen molar-refractivity contribution in [3.8, 4) is 21.1 Å². The van der Waals surface area contributed by atoms with Crippen LogP contribution in [-0.2, 0) is 25.6 Å². The fourth-order valence-electron chi connectivity index (χ4n) is 7.34. The lowest BCUT2D eigenvalue weighted by Crippen LogP contribution is -2.49. The van der Waals surface area contributed by atoms with Crippen LogP contribution in [0.3, 0.4) is 0 Å². The average Bonchev–Trinajstić information content (AvgIpc) is 3.78. The normalized spacial score (nSPS) is 17.4. The summed E-state index contributed by atoms with van der Waals surface area (Å²) < 4.78 is 0. The number of hydrogen-bond acceptors (Lipinski definition) is 9. The highest BCUT2D eigenvalue weighted by atomic mass is 32.1. The van der Waals surface area contributed by atoms with Gasteiger partial charge >= 0.3 is 6.15 Å². The van der Waals surface area contributed by atoms with Gasteiger partial charge in [0.15, 0.2) is 0 Å². The van der Waals surface area contributed by atoms with Gasteiger partial charge in [0.2, 0.25) is 5.91 Å². The minimum Gasteiger partial charge on any atom is -0.509 e. The second-order valence-electron chi connectivity index (χ2n) is 13.5. The maximum absolute atomic E-state index is 12.6. The second kappa shape index (κ2) is 17.2. The molecule has 2 aromatic heterocycles. The first-order valence-electron chi connectivity index (χ1n) is 17.8. The van der Waals surface area contributed by atoms with Crippen LogP contribution in [0.4, 0.5) is 0 Å². The summed E-state index contributed by atoms with van der Waals surface area (Å²) in [4.78, 5) is 52.9. The van der Waals surface area contributed by atoms with E-state index >= 15 is 0 Å². The highest BCUT2D eigenvalue weighted by Crippen LogP contribution is 2.43. The zero-order chi connectivity index (χ0) is 36.4. The SMILES string of the molecule is CCC1(NC(=O)Cc2nc(-c3ccccc3)sc2C)CCCCC1.Cc1sc(-c2ccccc2)nc1C1=C(O)C2(CCCCC2)NC1=O.O=C=O. The molecule has 0 atom stereocenters. The van der Waals surface area contributed by atoms with Gasteiger partial charge < -0.3 is 15.7 Å². The van der Waals surface area contributed by atoms with Gasteiger partial charge in [0.25, 0.3) is 5.91 Å². The summed E-state index contributed by atoms with van der Waals surface area (Å²) in [7, 11) is 0. The maximum Gasteiger partial charge on any atom is 0.373 e. The minimum absolute atomic E-state index is 0.0154. The number of carbonyl (C=O) groups is 2. The molecule has 7 rings (SSSR count). The van der Waals surface area contributed by atoms with Crippen LogP contribution in [0.25, 0.3) is 26.7 Å². The van der Waals surface area contributed by atoms with Crippen molar-refractivity contribution < 1.29 is 24.3 Å². The molecule has 1 aliphatic heterocycles. The molecule has 0 saturated heterocycles. The van der Waals surface area contributed by atoms with Gasteiger partial charge in [-0.05, 0) is 46.0 Å². The second-order valence-corrected chi connectivity index (χ2v) is 15.9. The largest absolute Gasteiger partial charge is 0.509 e. The standard InChI is InChI=1S/C20H26N2OS.C19H20N2O2S.CO2/c1-3-20(12-8-5-9-13-20)22-18(23)14-17-15(2)24-19(21-17)16-10-6-4-7-11-16;1-12-15(20-18(24-12)13-8-4-2-5-9-13)14-16(22)19(21-17(14)23)10-6-3-7-11-19;2-1-3/h4,6-7,10-11H,3,5,8-9,12-14H2,1-2H3,(H,22,23);2,4-5,8-9,22H,3,6-7,10-11H2,1H3,(H,21,23);. The van der Waals surface area contributed by atoms with E-state index in [4.69, 9.17) is 14.6 Å². The van der Waals surface area contributed by atoms with Crippen molar-refractivity contribution in [1.29, 1.82) is 0 Å². The quantitative estimate of drug-likeness (QED) is 0.174. The number of carbonyl (C=O) groups excluding carboxylic acids is 4. The number of nitrogens with zero attached hydrogens (tertiary/aromatic N) is 2. The van der Waals surface area contributed by atoms with Crippen molar-refractivity contribution in [2.75, 3.05) is 0 Å². The molecule has 2 fully saturated rings. The number of rotatable bonds is 7. The Kier molecular flexibility index (Phi) is 12.7. The first kappa shape index (κ1) is 37.8. The molecule has 2 amide bonds. The number of benzene rings is 2. The minimum atomic E-state index is -0.562. The molecule has 4 aromatic rings. The Morgan fingerprint density at radius 3 is 1.88 bits per heavy atom. The van der Waals surface area contributed by atoms with Crippen LogP contribution in [0.5, 0.6) is 0 Å². The summed E-state index contributed by atoms with van der Waals surface area (Å²) >= 11 is 3.23. The number of amides is 2. The Bertz CT molecular complexity index is 1860. The number of hydrogen-bond donors (Lipinski definition) is 3. The van der Waals surface area contributed by atoms with Gasteiger partial charge in [0, 0.05) is 26.4 Å². The molecule has 3 N–H and O–H groups in total. The molecule has 2 aliphatic carbocycles. The Labute approximate surface area is 307 Å². The number of aromatic nitrogens is 2. The molecule has 51 heavy (non-hydrogen) atoms. The summed E-state index contributed by atoms with van der Waals surface area (Å²) in [6, 6.07) is 20.1. The molecule has 268 valence electrons. The fraction of sp³-hybridized carbons (Fsp3) is 0.425. The van der Waals surface area contributed by atoms with E-state index in [-0.39, 0.29) is 29.3 Å². The van der Waals surface area contributed by atoms with Crippen molar-refractivity contribution >= 4 is 46.2 Å². The highest BCUT2D eigenvalue weighted by Gasteiger charge is 2.47. The summed E-state index contributed by atoms with van der Waals surface area (Å²) in [5, 5.41) is 19.1. The molecule has 3 heterocycles. The number of aryl methyl sites for hydroxylation is 2. The van der Waals surface area contributed by atoms with Crippen LogP contribution in [0.1, 0.15) is 98.7 Å². The van der Waals surface area contributed by atoms with Crippen LogP contribution in [0.2, 0.25) is 0 Å². The predicted molar refractivity (Wildman–Crippen MR) is 201 cm³/mol. The maximum atomic E-state index is 12.6. The van der Waals surface area contributed by atoms with Gasteiger partial charge in [-0.25, -0.2) is 9.97 Å². The number of nitrogens with one attached hydrogen (secondary N) is 2.